The first-order valence-corrected chi connectivity index (χ1v) is 8.56. The summed E-state index contributed by atoms with van der Waals surface area (Å²) in [5, 5.41) is 3.20. The fourth-order valence-electron chi connectivity index (χ4n) is 2.45. The first-order valence-electron chi connectivity index (χ1n) is 8.19. The second-order valence-corrected chi connectivity index (χ2v) is 6.20. The number of hydrogen-bond donors (Lipinski definition) is 1. The van der Waals surface area contributed by atoms with Gasteiger partial charge in [0.05, 0.1) is 17.7 Å². The zero-order chi connectivity index (χ0) is 20.0. The number of amides is 2. The fourth-order valence-corrected chi connectivity index (χ4v) is 2.57. The van der Waals surface area contributed by atoms with Gasteiger partial charge >= 0.3 is 6.18 Å². The van der Waals surface area contributed by atoms with Crippen LogP contribution in [0.15, 0.2) is 48.5 Å². The summed E-state index contributed by atoms with van der Waals surface area (Å²) >= 11 is 5.79. The minimum atomic E-state index is -4.65. The second kappa shape index (κ2) is 8.90. The van der Waals surface area contributed by atoms with Crippen molar-refractivity contribution in [1.29, 1.82) is 0 Å². The van der Waals surface area contributed by atoms with Gasteiger partial charge in [-0.05, 0) is 36.8 Å². The zero-order valence-electron chi connectivity index (χ0n) is 14.5. The van der Waals surface area contributed by atoms with Crippen molar-refractivity contribution < 1.29 is 22.8 Å². The van der Waals surface area contributed by atoms with Crippen LogP contribution in [0.1, 0.15) is 28.4 Å². The number of carbonyl (C=O) groups excluding carboxylic acids is 2. The molecule has 0 aliphatic carbocycles. The maximum Gasteiger partial charge on any atom is 0.417 e. The van der Waals surface area contributed by atoms with Crippen molar-refractivity contribution >= 4 is 23.4 Å². The number of carbonyl (C=O) groups is 2. The topological polar surface area (TPSA) is 49.4 Å². The van der Waals surface area contributed by atoms with Crippen LogP contribution in [0.5, 0.6) is 0 Å². The molecule has 8 heteroatoms. The number of nitrogens with one attached hydrogen (secondary N) is 1. The number of likely N-dealkylation sites (N-methyl/N-ethyl adjacent to an activating group) is 1. The largest absolute Gasteiger partial charge is 0.417 e. The molecule has 0 bridgehead atoms. The van der Waals surface area contributed by atoms with E-state index in [9.17, 15) is 22.8 Å². The Morgan fingerprint density at radius 1 is 1.07 bits per heavy atom. The first kappa shape index (κ1) is 20.8. The molecule has 0 aliphatic heterocycles. The number of rotatable bonds is 6. The highest BCUT2D eigenvalue weighted by Crippen LogP contribution is 2.32. The van der Waals surface area contributed by atoms with Gasteiger partial charge in [0.25, 0.3) is 5.91 Å². The molecule has 0 aromatic heterocycles. The van der Waals surface area contributed by atoms with Gasteiger partial charge in [-0.2, -0.15) is 13.2 Å². The van der Waals surface area contributed by atoms with E-state index >= 15 is 0 Å². The van der Waals surface area contributed by atoms with Gasteiger partial charge in [-0.15, -0.1) is 0 Å². The van der Waals surface area contributed by atoms with E-state index in [1.807, 2.05) is 0 Å². The summed E-state index contributed by atoms with van der Waals surface area (Å²) < 4.78 is 39.3. The summed E-state index contributed by atoms with van der Waals surface area (Å²) in [5.74, 6) is -1.31. The van der Waals surface area contributed by atoms with Crippen LogP contribution in [-0.4, -0.2) is 29.8 Å². The molecule has 2 aromatic carbocycles. The van der Waals surface area contributed by atoms with E-state index in [0.29, 0.717) is 5.02 Å². The molecule has 144 valence electrons. The normalized spacial score (nSPS) is 11.1. The van der Waals surface area contributed by atoms with Crippen molar-refractivity contribution in [1.82, 2.24) is 10.2 Å². The Balaban J connectivity index is 2.05. The van der Waals surface area contributed by atoms with E-state index in [0.717, 1.165) is 22.6 Å². The van der Waals surface area contributed by atoms with Crippen molar-refractivity contribution in [2.75, 3.05) is 13.1 Å². The Morgan fingerprint density at radius 3 is 2.30 bits per heavy atom. The maximum absolute atomic E-state index is 13.1. The Labute approximate surface area is 159 Å². The molecule has 0 saturated heterocycles. The van der Waals surface area contributed by atoms with E-state index in [1.54, 1.807) is 31.2 Å². The maximum atomic E-state index is 13.1. The van der Waals surface area contributed by atoms with Crippen LogP contribution >= 0.6 is 11.6 Å². The monoisotopic (exact) mass is 398 g/mol. The highest BCUT2D eigenvalue weighted by atomic mass is 35.5. The van der Waals surface area contributed by atoms with E-state index in [2.05, 4.69) is 5.32 Å². The van der Waals surface area contributed by atoms with Crippen LogP contribution < -0.4 is 5.32 Å². The second-order valence-electron chi connectivity index (χ2n) is 5.77. The van der Waals surface area contributed by atoms with Crippen LogP contribution in [0.25, 0.3) is 0 Å². The van der Waals surface area contributed by atoms with E-state index in [1.165, 1.54) is 12.1 Å². The first-order chi connectivity index (χ1) is 12.7. The van der Waals surface area contributed by atoms with E-state index in [-0.39, 0.29) is 19.6 Å². The van der Waals surface area contributed by atoms with Crippen LogP contribution in [0.2, 0.25) is 5.02 Å². The third-order valence-electron chi connectivity index (χ3n) is 3.87. The van der Waals surface area contributed by atoms with Crippen LogP contribution in [0, 0.1) is 0 Å². The van der Waals surface area contributed by atoms with Gasteiger partial charge in [0.1, 0.15) is 0 Å². The lowest BCUT2D eigenvalue weighted by molar-refractivity contribution is -0.138. The van der Waals surface area contributed by atoms with Crippen molar-refractivity contribution in [3.63, 3.8) is 0 Å². The highest BCUT2D eigenvalue weighted by molar-refractivity contribution is 6.30. The molecule has 2 aromatic rings. The molecule has 2 rings (SSSR count). The van der Waals surface area contributed by atoms with E-state index < -0.39 is 29.1 Å². The lowest BCUT2D eigenvalue weighted by atomic mass is 10.1. The minimum Gasteiger partial charge on any atom is -0.350 e. The third kappa shape index (κ3) is 5.72. The van der Waals surface area contributed by atoms with Gasteiger partial charge in [-0.3, -0.25) is 9.59 Å². The lowest BCUT2D eigenvalue weighted by Crippen LogP contribution is -2.41. The zero-order valence-corrected chi connectivity index (χ0v) is 15.3. The lowest BCUT2D eigenvalue weighted by Gasteiger charge is -2.22. The van der Waals surface area contributed by atoms with Crippen molar-refractivity contribution in [3.8, 4) is 0 Å². The smallest absolute Gasteiger partial charge is 0.350 e. The molecular weight excluding hydrogens is 381 g/mol. The predicted molar refractivity (Wildman–Crippen MR) is 96.3 cm³/mol. The molecule has 0 spiro atoms. The van der Waals surface area contributed by atoms with Gasteiger partial charge in [0, 0.05) is 18.1 Å². The minimum absolute atomic E-state index is 0.0966. The molecule has 1 N–H and O–H groups in total. The summed E-state index contributed by atoms with van der Waals surface area (Å²) in [7, 11) is 0. The Kier molecular flexibility index (Phi) is 6.85. The summed E-state index contributed by atoms with van der Waals surface area (Å²) in [5.41, 5.74) is -0.683. The quantitative estimate of drug-likeness (QED) is 0.795. The van der Waals surface area contributed by atoms with Crippen molar-refractivity contribution in [2.45, 2.75) is 19.6 Å². The number of alkyl halides is 3. The van der Waals surface area contributed by atoms with Gasteiger partial charge in [-0.25, -0.2) is 0 Å². The van der Waals surface area contributed by atoms with Gasteiger partial charge in [0.15, 0.2) is 0 Å². The van der Waals surface area contributed by atoms with Crippen molar-refractivity contribution in [3.05, 3.63) is 70.2 Å². The van der Waals surface area contributed by atoms with Crippen molar-refractivity contribution in [2.24, 2.45) is 0 Å². The Bertz CT molecular complexity index is 807. The molecule has 0 radical (unpaired) electrons. The van der Waals surface area contributed by atoms with Gasteiger partial charge < -0.3 is 10.2 Å². The fraction of sp³-hybridized carbons (Fsp3) is 0.263. The molecule has 2 amide bonds. The van der Waals surface area contributed by atoms with Gasteiger partial charge in [-0.1, -0.05) is 35.9 Å². The molecule has 0 fully saturated rings. The Hall–Kier alpha value is -2.54. The van der Waals surface area contributed by atoms with Crippen LogP contribution in [-0.2, 0) is 17.5 Å². The number of nitrogens with zero attached hydrogens (tertiary/aromatic N) is 1. The van der Waals surface area contributed by atoms with E-state index in [4.69, 9.17) is 11.6 Å². The molecule has 0 aliphatic rings. The number of benzene rings is 2. The van der Waals surface area contributed by atoms with Crippen LogP contribution in [0.4, 0.5) is 13.2 Å². The molecule has 0 unspecified atom stereocenters. The summed E-state index contributed by atoms with van der Waals surface area (Å²) in [6.07, 6.45) is -4.65. The van der Waals surface area contributed by atoms with Gasteiger partial charge in [0.2, 0.25) is 5.91 Å². The number of halogens is 4. The average Bonchev–Trinajstić information content (AvgIpc) is 2.64. The molecule has 0 atom stereocenters. The molecule has 0 saturated carbocycles. The SMILES string of the molecule is CCN(CC(=O)NCc1ccc(Cl)cc1)C(=O)c1ccccc1C(F)(F)F. The molecular formula is C19H18ClF3N2O2. The third-order valence-corrected chi connectivity index (χ3v) is 4.12. The molecule has 27 heavy (non-hydrogen) atoms. The Morgan fingerprint density at radius 2 is 1.70 bits per heavy atom. The number of hydrogen-bond acceptors (Lipinski definition) is 2. The summed E-state index contributed by atoms with van der Waals surface area (Å²) in [4.78, 5) is 25.7. The summed E-state index contributed by atoms with van der Waals surface area (Å²) in [6, 6.07) is 11.4. The average molecular weight is 399 g/mol. The molecule has 0 heterocycles. The highest BCUT2D eigenvalue weighted by Gasteiger charge is 2.35. The standard InChI is InChI=1S/C19H18ClF3N2O2/c1-2-25(12-17(26)24-11-13-7-9-14(20)10-8-13)18(27)15-5-3-4-6-16(15)19(21,22)23/h3-10H,2,11-12H2,1H3,(H,24,26). The van der Waals surface area contributed by atoms with Crippen LogP contribution in [0.3, 0.4) is 0 Å². The predicted octanol–water partition coefficient (Wildman–Crippen LogP) is 4.14. The summed E-state index contributed by atoms with van der Waals surface area (Å²) in [6.45, 7) is 1.58. The molecule has 4 nitrogen and oxygen atoms in total.